The van der Waals surface area contributed by atoms with Gasteiger partial charge in [-0.2, -0.15) is 0 Å². The molecule has 0 spiro atoms. The van der Waals surface area contributed by atoms with Gasteiger partial charge < -0.3 is 10.1 Å². The van der Waals surface area contributed by atoms with E-state index in [9.17, 15) is 4.79 Å². The summed E-state index contributed by atoms with van der Waals surface area (Å²) in [5.74, 6) is 0.458. The quantitative estimate of drug-likeness (QED) is 0.527. The zero-order valence-electron chi connectivity index (χ0n) is 16.3. The van der Waals surface area contributed by atoms with E-state index in [-0.39, 0.29) is 11.9 Å². The first kappa shape index (κ1) is 21.1. The summed E-state index contributed by atoms with van der Waals surface area (Å²) in [5, 5.41) is 13.4. The molecule has 2 heterocycles. The summed E-state index contributed by atoms with van der Waals surface area (Å²) in [6.07, 6.45) is 2.14. The van der Waals surface area contributed by atoms with Gasteiger partial charge in [-0.05, 0) is 61.3 Å². The Morgan fingerprint density at radius 1 is 1.20 bits per heavy atom. The minimum absolute atomic E-state index is 0.250. The fourth-order valence-corrected chi connectivity index (χ4v) is 4.62. The van der Waals surface area contributed by atoms with E-state index in [4.69, 9.17) is 27.9 Å². The smallest absolute Gasteiger partial charge is 0.286 e. The molecule has 1 aliphatic heterocycles. The summed E-state index contributed by atoms with van der Waals surface area (Å²) in [7, 11) is 1.60. The average Bonchev–Trinajstić information content (AvgIpc) is 3.41. The number of benzene rings is 2. The lowest BCUT2D eigenvalue weighted by atomic mass is 10.0. The lowest BCUT2D eigenvalue weighted by Gasteiger charge is -2.23. The fourth-order valence-electron chi connectivity index (χ4n) is 3.55. The summed E-state index contributed by atoms with van der Waals surface area (Å²) in [6, 6.07) is 13.2. The first-order valence-electron chi connectivity index (χ1n) is 9.50. The molecule has 1 saturated heterocycles. The van der Waals surface area contributed by atoms with E-state index < -0.39 is 0 Å². The minimum Gasteiger partial charge on any atom is -0.497 e. The monoisotopic (exact) mass is 462 g/mol. The van der Waals surface area contributed by atoms with Crippen molar-refractivity contribution in [2.45, 2.75) is 25.4 Å². The number of hydrogen-bond acceptors (Lipinski definition) is 6. The van der Waals surface area contributed by atoms with Crippen molar-refractivity contribution < 1.29 is 9.53 Å². The molecule has 1 amide bonds. The number of aromatic nitrogens is 2. The predicted octanol–water partition coefficient (Wildman–Crippen LogP) is 5.44. The molecule has 1 atom stereocenters. The maximum Gasteiger partial charge on any atom is 0.286 e. The molecule has 2 aromatic carbocycles. The van der Waals surface area contributed by atoms with E-state index in [0.717, 1.165) is 35.7 Å². The maximum atomic E-state index is 12.5. The summed E-state index contributed by atoms with van der Waals surface area (Å²) in [6.45, 7) is 1.59. The molecular weight excluding hydrogens is 443 g/mol. The second-order valence-corrected chi connectivity index (χ2v) is 8.86. The number of amides is 1. The van der Waals surface area contributed by atoms with Crippen molar-refractivity contribution in [3.63, 3.8) is 0 Å². The van der Waals surface area contributed by atoms with Gasteiger partial charge in [0.1, 0.15) is 10.8 Å². The van der Waals surface area contributed by atoms with Gasteiger partial charge in [-0.25, -0.2) is 0 Å². The van der Waals surface area contributed by atoms with Crippen molar-refractivity contribution in [3.8, 4) is 5.75 Å². The molecule has 0 aliphatic carbocycles. The van der Waals surface area contributed by atoms with E-state index in [2.05, 4.69) is 20.4 Å². The molecule has 1 fully saturated rings. The van der Waals surface area contributed by atoms with Gasteiger partial charge in [-0.1, -0.05) is 40.6 Å². The van der Waals surface area contributed by atoms with E-state index >= 15 is 0 Å². The predicted molar refractivity (Wildman–Crippen MR) is 120 cm³/mol. The number of nitrogens with zero attached hydrogens (tertiary/aromatic N) is 3. The summed E-state index contributed by atoms with van der Waals surface area (Å²) < 4.78 is 5.13. The Bertz CT molecular complexity index is 1040. The van der Waals surface area contributed by atoms with E-state index in [0.29, 0.717) is 27.3 Å². The van der Waals surface area contributed by atoms with Crippen LogP contribution in [-0.4, -0.2) is 34.7 Å². The first-order valence-corrected chi connectivity index (χ1v) is 11.1. The number of ether oxygens (including phenoxy) is 1. The van der Waals surface area contributed by atoms with Gasteiger partial charge in [0.15, 0.2) is 0 Å². The number of likely N-dealkylation sites (tertiary alicyclic amines) is 1. The van der Waals surface area contributed by atoms with Crippen LogP contribution in [0.2, 0.25) is 10.0 Å². The Kier molecular flexibility index (Phi) is 6.53. The van der Waals surface area contributed by atoms with Crippen LogP contribution < -0.4 is 10.1 Å². The molecule has 30 heavy (non-hydrogen) atoms. The molecular formula is C21H20Cl2N4O2S. The van der Waals surface area contributed by atoms with Gasteiger partial charge in [0.25, 0.3) is 5.91 Å². The van der Waals surface area contributed by atoms with Crippen LogP contribution in [0, 0.1) is 0 Å². The van der Waals surface area contributed by atoms with Gasteiger partial charge in [0.2, 0.25) is 5.01 Å². The van der Waals surface area contributed by atoms with Gasteiger partial charge in [-0.15, -0.1) is 10.2 Å². The summed E-state index contributed by atoms with van der Waals surface area (Å²) in [5.41, 5.74) is 1.82. The minimum atomic E-state index is -0.272. The number of hydrogen-bond donors (Lipinski definition) is 1. The third kappa shape index (κ3) is 4.75. The third-order valence-corrected chi connectivity index (χ3v) is 6.69. The van der Waals surface area contributed by atoms with Crippen LogP contribution in [0.4, 0.5) is 5.69 Å². The number of methoxy groups -OCH3 is 1. The Hall–Kier alpha value is -2.19. The summed E-state index contributed by atoms with van der Waals surface area (Å²) in [4.78, 5) is 14.8. The highest BCUT2D eigenvalue weighted by molar-refractivity contribution is 7.13. The lowest BCUT2D eigenvalue weighted by molar-refractivity contribution is 0.102. The van der Waals surface area contributed by atoms with E-state index in [1.54, 1.807) is 31.4 Å². The molecule has 3 aromatic rings. The Balaban J connectivity index is 1.41. The number of nitrogens with one attached hydrogen (secondary N) is 1. The molecule has 0 saturated carbocycles. The van der Waals surface area contributed by atoms with Crippen molar-refractivity contribution in [1.29, 1.82) is 0 Å². The molecule has 6 nitrogen and oxygen atoms in total. The van der Waals surface area contributed by atoms with Crippen LogP contribution in [0.5, 0.6) is 5.75 Å². The fraction of sp³-hybridized carbons (Fsp3) is 0.286. The number of carbonyl (C=O) groups excluding carboxylic acids is 1. The van der Waals surface area contributed by atoms with Gasteiger partial charge >= 0.3 is 0 Å². The highest BCUT2D eigenvalue weighted by atomic mass is 35.5. The van der Waals surface area contributed by atoms with Gasteiger partial charge in [0, 0.05) is 11.7 Å². The largest absolute Gasteiger partial charge is 0.497 e. The van der Waals surface area contributed by atoms with Crippen LogP contribution >= 0.6 is 34.5 Å². The standard InChI is InChI=1S/C21H20Cl2N4O2S/c1-29-15-7-5-14(6-8-15)24-20(28)21-26-25-19(30-21)12-27-10-2-3-18(27)13-4-9-16(22)17(23)11-13/h4-9,11,18H,2-3,10,12H2,1H3,(H,24,28). The molecule has 1 N–H and O–H groups in total. The van der Waals surface area contributed by atoms with Crippen LogP contribution in [0.15, 0.2) is 42.5 Å². The van der Waals surface area contributed by atoms with Crippen molar-refractivity contribution >= 4 is 46.1 Å². The highest BCUT2D eigenvalue weighted by Crippen LogP contribution is 2.36. The molecule has 0 radical (unpaired) electrons. The van der Waals surface area contributed by atoms with Gasteiger partial charge in [0.05, 0.1) is 23.7 Å². The SMILES string of the molecule is COc1ccc(NC(=O)c2nnc(CN3CCCC3c3ccc(Cl)c(Cl)c3)s2)cc1. The Labute approximate surface area is 188 Å². The first-order chi connectivity index (χ1) is 14.5. The van der Waals surface area contributed by atoms with Crippen LogP contribution in [0.25, 0.3) is 0 Å². The van der Waals surface area contributed by atoms with E-state index in [1.807, 2.05) is 18.2 Å². The molecule has 1 aliphatic rings. The second kappa shape index (κ2) is 9.31. The van der Waals surface area contributed by atoms with Crippen molar-refractivity contribution in [1.82, 2.24) is 15.1 Å². The third-order valence-electron chi connectivity index (χ3n) is 5.04. The van der Waals surface area contributed by atoms with Crippen molar-refractivity contribution in [3.05, 3.63) is 68.1 Å². The van der Waals surface area contributed by atoms with Gasteiger partial charge in [-0.3, -0.25) is 9.69 Å². The maximum absolute atomic E-state index is 12.5. The second-order valence-electron chi connectivity index (χ2n) is 6.99. The summed E-state index contributed by atoms with van der Waals surface area (Å²) >= 11 is 13.6. The molecule has 1 unspecified atom stereocenters. The molecule has 1 aromatic heterocycles. The van der Waals surface area contributed by atoms with Crippen LogP contribution in [0.1, 0.15) is 39.3 Å². The lowest BCUT2D eigenvalue weighted by Crippen LogP contribution is -2.22. The molecule has 4 rings (SSSR count). The topological polar surface area (TPSA) is 67.3 Å². The highest BCUT2D eigenvalue weighted by Gasteiger charge is 2.27. The molecule has 156 valence electrons. The Morgan fingerprint density at radius 2 is 2.00 bits per heavy atom. The normalized spacial score (nSPS) is 16.6. The number of rotatable bonds is 6. The average molecular weight is 463 g/mol. The number of carbonyl (C=O) groups is 1. The number of halogens is 2. The zero-order valence-corrected chi connectivity index (χ0v) is 18.6. The van der Waals surface area contributed by atoms with Crippen LogP contribution in [0.3, 0.4) is 0 Å². The van der Waals surface area contributed by atoms with Crippen LogP contribution in [-0.2, 0) is 6.54 Å². The molecule has 9 heteroatoms. The molecule has 0 bridgehead atoms. The van der Waals surface area contributed by atoms with E-state index in [1.165, 1.54) is 11.3 Å². The zero-order chi connectivity index (χ0) is 21.1. The number of anilines is 1. The van der Waals surface area contributed by atoms with Crippen molar-refractivity contribution in [2.24, 2.45) is 0 Å². The van der Waals surface area contributed by atoms with Crippen molar-refractivity contribution in [2.75, 3.05) is 19.0 Å². The Morgan fingerprint density at radius 3 is 2.73 bits per heavy atom.